The smallest absolute Gasteiger partial charge is 0.0165 e. The Bertz CT molecular complexity index is 944. The van der Waals surface area contributed by atoms with Gasteiger partial charge in [-0.3, -0.25) is 0 Å². The maximum absolute atomic E-state index is 2.40. The summed E-state index contributed by atoms with van der Waals surface area (Å²) < 4.78 is 0. The van der Waals surface area contributed by atoms with Crippen molar-refractivity contribution in [3.63, 3.8) is 0 Å². The number of benzene rings is 3. The molecule has 0 unspecified atom stereocenters. The molecule has 24 heavy (non-hydrogen) atoms. The van der Waals surface area contributed by atoms with Crippen molar-refractivity contribution in [3.05, 3.63) is 82.4 Å². The molecular formula is C24H24. The lowest BCUT2D eigenvalue weighted by Crippen LogP contribution is -2.17. The first-order chi connectivity index (χ1) is 11.4. The molecule has 0 heterocycles. The summed E-state index contributed by atoms with van der Waals surface area (Å²) in [5.74, 6) is 0. The Morgan fingerprint density at radius 3 is 2.04 bits per heavy atom. The fourth-order valence-electron chi connectivity index (χ4n) is 4.25. The van der Waals surface area contributed by atoms with Crippen LogP contribution in [0.5, 0.6) is 0 Å². The normalized spacial score (nSPS) is 14.4. The first-order valence-corrected chi connectivity index (χ1v) is 8.73. The second kappa shape index (κ2) is 5.08. The van der Waals surface area contributed by atoms with Gasteiger partial charge < -0.3 is 0 Å². The van der Waals surface area contributed by atoms with Gasteiger partial charge in [-0.25, -0.2) is 0 Å². The predicted molar refractivity (Wildman–Crippen MR) is 104 cm³/mol. The van der Waals surface area contributed by atoms with E-state index in [-0.39, 0.29) is 5.41 Å². The molecule has 120 valence electrons. The minimum atomic E-state index is 0.0281. The number of fused-ring (bicyclic) bond motifs is 3. The van der Waals surface area contributed by atoms with Crippen LogP contribution >= 0.6 is 0 Å². The van der Waals surface area contributed by atoms with E-state index in [9.17, 15) is 0 Å². The van der Waals surface area contributed by atoms with E-state index in [4.69, 9.17) is 0 Å². The summed E-state index contributed by atoms with van der Waals surface area (Å²) in [4.78, 5) is 0. The fraction of sp³-hybridized carbons (Fsp3) is 0.250. The van der Waals surface area contributed by atoms with Gasteiger partial charge in [0, 0.05) is 5.41 Å². The predicted octanol–water partition coefficient (Wildman–Crippen LogP) is 6.59. The van der Waals surface area contributed by atoms with Crippen LogP contribution in [0.4, 0.5) is 0 Å². The lowest BCUT2D eigenvalue weighted by Gasteiger charge is -2.26. The summed E-state index contributed by atoms with van der Waals surface area (Å²) in [6, 6.07) is 20.2. The van der Waals surface area contributed by atoms with Crippen LogP contribution in [0.2, 0.25) is 0 Å². The summed E-state index contributed by atoms with van der Waals surface area (Å²) in [7, 11) is 0. The second-order valence-electron chi connectivity index (χ2n) is 7.65. The molecule has 0 nitrogen and oxygen atoms in total. The average Bonchev–Trinajstić information content (AvgIpc) is 2.77. The molecule has 0 fully saturated rings. The van der Waals surface area contributed by atoms with Crippen molar-refractivity contribution in [1.82, 2.24) is 0 Å². The van der Waals surface area contributed by atoms with Gasteiger partial charge in [-0.15, -0.1) is 0 Å². The second-order valence-corrected chi connectivity index (χ2v) is 7.65. The Hall–Kier alpha value is -2.34. The molecule has 0 atom stereocenters. The van der Waals surface area contributed by atoms with Crippen molar-refractivity contribution < 1.29 is 0 Å². The van der Waals surface area contributed by atoms with E-state index < -0.39 is 0 Å². The molecular weight excluding hydrogens is 288 g/mol. The van der Waals surface area contributed by atoms with Crippen LogP contribution in [0.15, 0.2) is 54.6 Å². The number of hydrogen-bond donors (Lipinski definition) is 0. The quantitative estimate of drug-likeness (QED) is 0.476. The van der Waals surface area contributed by atoms with Crippen LogP contribution < -0.4 is 0 Å². The van der Waals surface area contributed by atoms with Gasteiger partial charge in [-0.05, 0) is 70.8 Å². The van der Waals surface area contributed by atoms with Gasteiger partial charge >= 0.3 is 0 Å². The van der Waals surface area contributed by atoms with Gasteiger partial charge in [0.05, 0.1) is 0 Å². The van der Waals surface area contributed by atoms with E-state index in [1.165, 1.54) is 50.1 Å². The Kier molecular flexibility index (Phi) is 3.22. The largest absolute Gasteiger partial charge is 0.0622 e. The summed E-state index contributed by atoms with van der Waals surface area (Å²) >= 11 is 0. The maximum atomic E-state index is 2.40. The molecule has 0 spiro atoms. The van der Waals surface area contributed by atoms with Crippen molar-refractivity contribution in [2.24, 2.45) is 0 Å². The van der Waals surface area contributed by atoms with Crippen LogP contribution in [0.1, 0.15) is 41.7 Å². The highest BCUT2D eigenvalue weighted by Crippen LogP contribution is 2.53. The van der Waals surface area contributed by atoms with Crippen LogP contribution in [0, 0.1) is 20.8 Å². The minimum absolute atomic E-state index is 0.0281. The van der Waals surface area contributed by atoms with E-state index >= 15 is 0 Å². The molecule has 0 aromatic heterocycles. The summed E-state index contributed by atoms with van der Waals surface area (Å²) in [6.07, 6.45) is 0. The third-order valence-corrected chi connectivity index (χ3v) is 5.70. The first-order valence-electron chi connectivity index (χ1n) is 8.73. The Morgan fingerprint density at radius 1 is 0.667 bits per heavy atom. The molecule has 0 saturated carbocycles. The SMILES string of the molecule is Cc1cc2c(cc1C)C(C)(C)c1c-2ccc(C)c1-c1ccccc1. The topological polar surface area (TPSA) is 0 Å². The van der Waals surface area contributed by atoms with Crippen molar-refractivity contribution in [1.29, 1.82) is 0 Å². The Morgan fingerprint density at radius 2 is 1.33 bits per heavy atom. The summed E-state index contributed by atoms with van der Waals surface area (Å²) in [6.45, 7) is 11.4. The van der Waals surface area contributed by atoms with Crippen molar-refractivity contribution in [3.8, 4) is 22.3 Å². The number of hydrogen-bond acceptors (Lipinski definition) is 0. The molecule has 1 aliphatic carbocycles. The molecule has 0 saturated heterocycles. The highest BCUT2D eigenvalue weighted by Gasteiger charge is 2.38. The van der Waals surface area contributed by atoms with E-state index in [0.717, 1.165) is 0 Å². The zero-order valence-corrected chi connectivity index (χ0v) is 15.2. The molecule has 0 amide bonds. The zero-order chi connectivity index (χ0) is 17.1. The van der Waals surface area contributed by atoms with E-state index in [2.05, 4.69) is 89.2 Å². The molecule has 0 N–H and O–H groups in total. The van der Waals surface area contributed by atoms with Crippen molar-refractivity contribution >= 4 is 0 Å². The number of rotatable bonds is 1. The van der Waals surface area contributed by atoms with Gasteiger partial charge in [0.2, 0.25) is 0 Å². The summed E-state index contributed by atoms with van der Waals surface area (Å²) in [5, 5.41) is 0. The van der Waals surface area contributed by atoms with Gasteiger partial charge in [-0.1, -0.05) is 68.4 Å². The van der Waals surface area contributed by atoms with Gasteiger partial charge in [0.15, 0.2) is 0 Å². The Balaban J connectivity index is 2.10. The standard InChI is InChI=1S/C24H24/c1-15-11-12-19-20-13-16(2)17(3)14-21(20)24(4,5)23(19)22(15)18-9-7-6-8-10-18/h6-14H,1-5H3. The van der Waals surface area contributed by atoms with Crippen LogP contribution in [-0.2, 0) is 5.41 Å². The lowest BCUT2D eigenvalue weighted by atomic mass is 9.77. The third kappa shape index (κ3) is 1.99. The fourth-order valence-corrected chi connectivity index (χ4v) is 4.25. The average molecular weight is 312 g/mol. The van der Waals surface area contributed by atoms with Crippen molar-refractivity contribution in [2.45, 2.75) is 40.0 Å². The first kappa shape index (κ1) is 15.2. The zero-order valence-electron chi connectivity index (χ0n) is 15.2. The minimum Gasteiger partial charge on any atom is -0.0622 e. The molecule has 4 rings (SSSR count). The van der Waals surface area contributed by atoms with Gasteiger partial charge in [-0.2, -0.15) is 0 Å². The number of aryl methyl sites for hydroxylation is 3. The molecule has 1 aliphatic rings. The van der Waals surface area contributed by atoms with Crippen LogP contribution in [0.3, 0.4) is 0 Å². The van der Waals surface area contributed by atoms with E-state index in [1.807, 2.05) is 0 Å². The van der Waals surface area contributed by atoms with Crippen LogP contribution in [-0.4, -0.2) is 0 Å². The lowest BCUT2D eigenvalue weighted by molar-refractivity contribution is 0.660. The van der Waals surface area contributed by atoms with E-state index in [0.29, 0.717) is 0 Å². The van der Waals surface area contributed by atoms with Gasteiger partial charge in [0.25, 0.3) is 0 Å². The van der Waals surface area contributed by atoms with Crippen LogP contribution in [0.25, 0.3) is 22.3 Å². The summed E-state index contributed by atoms with van der Waals surface area (Å²) in [5.41, 5.74) is 12.6. The van der Waals surface area contributed by atoms with E-state index in [1.54, 1.807) is 0 Å². The van der Waals surface area contributed by atoms with Gasteiger partial charge in [0.1, 0.15) is 0 Å². The monoisotopic (exact) mass is 312 g/mol. The molecule has 3 aromatic rings. The highest BCUT2D eigenvalue weighted by atomic mass is 14.4. The molecule has 3 aromatic carbocycles. The molecule has 0 radical (unpaired) electrons. The Labute approximate surface area is 145 Å². The molecule has 0 aliphatic heterocycles. The molecule has 0 bridgehead atoms. The molecule has 0 heteroatoms. The third-order valence-electron chi connectivity index (χ3n) is 5.70. The highest BCUT2D eigenvalue weighted by molar-refractivity contribution is 5.89. The maximum Gasteiger partial charge on any atom is 0.0165 e. The van der Waals surface area contributed by atoms with Crippen molar-refractivity contribution in [2.75, 3.05) is 0 Å².